The molecule has 0 fully saturated rings. The van der Waals surface area contributed by atoms with E-state index in [-0.39, 0.29) is 24.0 Å². The fourth-order valence-corrected chi connectivity index (χ4v) is 3.10. The molecule has 34 heavy (non-hydrogen) atoms. The van der Waals surface area contributed by atoms with Gasteiger partial charge < -0.3 is 20.3 Å². The second-order valence-electron chi connectivity index (χ2n) is 7.51. The van der Waals surface area contributed by atoms with Crippen molar-refractivity contribution in [3.63, 3.8) is 0 Å². The predicted molar refractivity (Wildman–Crippen MR) is 131 cm³/mol. The smallest absolute Gasteiger partial charge is 0.326 e. The van der Waals surface area contributed by atoms with Crippen molar-refractivity contribution >= 4 is 45.2 Å². The Morgan fingerprint density at radius 3 is 2.41 bits per heavy atom. The number of nitrogens with zero attached hydrogens (tertiary/aromatic N) is 3. The highest BCUT2D eigenvalue weighted by Crippen LogP contribution is 2.25. The summed E-state index contributed by atoms with van der Waals surface area (Å²) < 4.78 is 6.38. The van der Waals surface area contributed by atoms with Crippen molar-refractivity contribution in [2.75, 3.05) is 31.3 Å². The third-order valence-corrected chi connectivity index (χ3v) is 4.77. The molecule has 0 aliphatic rings. The summed E-state index contributed by atoms with van der Waals surface area (Å²) in [5.41, 5.74) is 1.66. The molecule has 0 saturated heterocycles. The standard InChI is InChI=1S/C23H23BrN6O4/c1-14-10-16(8-9-19(14)34-23-25-11-15(24)12-26-23)27-22(33)29-21(32)17-6-4-5-7-18(17)28-20(31)13-30(2)3/h4-12H,13H2,1-3H3,(H,28,31)(H2,27,29,32,33). The van der Waals surface area contributed by atoms with Crippen molar-refractivity contribution in [2.24, 2.45) is 0 Å². The maximum atomic E-state index is 12.6. The van der Waals surface area contributed by atoms with Gasteiger partial charge in [0.15, 0.2) is 0 Å². The number of hydrogen-bond acceptors (Lipinski definition) is 7. The Morgan fingerprint density at radius 1 is 1.03 bits per heavy atom. The lowest BCUT2D eigenvalue weighted by molar-refractivity contribution is -0.116. The van der Waals surface area contributed by atoms with Gasteiger partial charge in [0.2, 0.25) is 5.91 Å². The number of amides is 4. The first-order valence-corrected chi connectivity index (χ1v) is 10.9. The number of para-hydroxylation sites is 1. The molecule has 11 heteroatoms. The molecular formula is C23H23BrN6O4. The molecule has 0 aliphatic carbocycles. The van der Waals surface area contributed by atoms with Crippen molar-refractivity contribution in [1.29, 1.82) is 0 Å². The lowest BCUT2D eigenvalue weighted by atomic mass is 10.1. The molecule has 2 aromatic carbocycles. The van der Waals surface area contributed by atoms with E-state index >= 15 is 0 Å². The number of urea groups is 1. The number of anilines is 2. The summed E-state index contributed by atoms with van der Waals surface area (Å²) >= 11 is 3.26. The first-order chi connectivity index (χ1) is 16.2. The molecule has 1 heterocycles. The molecule has 0 radical (unpaired) electrons. The molecule has 0 saturated carbocycles. The van der Waals surface area contributed by atoms with Crippen LogP contribution < -0.4 is 20.7 Å². The molecule has 3 aromatic rings. The van der Waals surface area contributed by atoms with Gasteiger partial charge in [0.25, 0.3) is 5.91 Å². The van der Waals surface area contributed by atoms with E-state index in [1.165, 1.54) is 6.07 Å². The van der Waals surface area contributed by atoms with Crippen LogP contribution in [0.25, 0.3) is 0 Å². The largest absolute Gasteiger partial charge is 0.424 e. The number of carbonyl (C=O) groups is 3. The van der Waals surface area contributed by atoms with E-state index in [4.69, 9.17) is 4.74 Å². The average molecular weight is 527 g/mol. The average Bonchev–Trinajstić information content (AvgIpc) is 2.76. The number of likely N-dealkylation sites (N-methyl/N-ethyl adjacent to an activating group) is 1. The number of aryl methyl sites for hydroxylation is 1. The van der Waals surface area contributed by atoms with E-state index in [9.17, 15) is 14.4 Å². The Balaban J connectivity index is 1.62. The summed E-state index contributed by atoms with van der Waals surface area (Å²) in [5, 5.41) is 7.56. The molecule has 3 N–H and O–H groups in total. The van der Waals surface area contributed by atoms with Crippen LogP contribution in [0.15, 0.2) is 59.3 Å². The zero-order valence-corrected chi connectivity index (χ0v) is 20.3. The molecule has 3 rings (SSSR count). The van der Waals surface area contributed by atoms with Crippen LogP contribution in [0.5, 0.6) is 11.8 Å². The minimum Gasteiger partial charge on any atom is -0.424 e. The molecule has 0 spiro atoms. The number of rotatable bonds is 7. The molecule has 0 atom stereocenters. The summed E-state index contributed by atoms with van der Waals surface area (Å²) in [5.74, 6) is -0.407. The van der Waals surface area contributed by atoms with Crippen LogP contribution in [0.2, 0.25) is 0 Å². The van der Waals surface area contributed by atoms with Gasteiger partial charge in [0.1, 0.15) is 5.75 Å². The molecule has 4 amide bonds. The first kappa shape index (κ1) is 24.8. The van der Waals surface area contributed by atoms with E-state index in [0.29, 0.717) is 17.1 Å². The van der Waals surface area contributed by atoms with Crippen molar-refractivity contribution in [2.45, 2.75) is 6.92 Å². The number of aromatic nitrogens is 2. The third kappa shape index (κ3) is 7.09. The van der Waals surface area contributed by atoms with E-state index < -0.39 is 11.9 Å². The van der Waals surface area contributed by atoms with Gasteiger partial charge in [0.05, 0.1) is 22.3 Å². The maximum Gasteiger partial charge on any atom is 0.326 e. The van der Waals surface area contributed by atoms with Crippen molar-refractivity contribution in [3.8, 4) is 11.8 Å². The number of halogens is 1. The number of carbonyl (C=O) groups excluding carboxylic acids is 3. The molecule has 0 aliphatic heterocycles. The van der Waals surface area contributed by atoms with Crippen LogP contribution in [0.1, 0.15) is 15.9 Å². The van der Waals surface area contributed by atoms with E-state index in [0.717, 1.165) is 10.0 Å². The van der Waals surface area contributed by atoms with Gasteiger partial charge in [-0.25, -0.2) is 14.8 Å². The molecule has 1 aromatic heterocycles. The van der Waals surface area contributed by atoms with Crippen molar-refractivity contribution < 1.29 is 19.1 Å². The van der Waals surface area contributed by atoms with Gasteiger partial charge in [-0.15, -0.1) is 0 Å². The van der Waals surface area contributed by atoms with Gasteiger partial charge in [-0.2, -0.15) is 0 Å². The lowest BCUT2D eigenvalue weighted by Gasteiger charge is -2.14. The van der Waals surface area contributed by atoms with Crippen LogP contribution in [0, 0.1) is 6.92 Å². The number of hydrogen-bond donors (Lipinski definition) is 3. The van der Waals surface area contributed by atoms with Crippen LogP contribution in [-0.2, 0) is 4.79 Å². The molecule has 10 nitrogen and oxygen atoms in total. The van der Waals surface area contributed by atoms with E-state index in [1.807, 2.05) is 0 Å². The van der Waals surface area contributed by atoms with E-state index in [2.05, 4.69) is 41.8 Å². The summed E-state index contributed by atoms with van der Waals surface area (Å²) in [6, 6.07) is 10.9. The lowest BCUT2D eigenvalue weighted by Crippen LogP contribution is -2.35. The highest BCUT2D eigenvalue weighted by atomic mass is 79.9. The highest BCUT2D eigenvalue weighted by Gasteiger charge is 2.16. The normalized spacial score (nSPS) is 10.5. The van der Waals surface area contributed by atoms with Crippen LogP contribution >= 0.6 is 15.9 Å². The van der Waals surface area contributed by atoms with Crippen LogP contribution in [0.4, 0.5) is 16.2 Å². The number of benzene rings is 2. The number of imide groups is 1. The minimum atomic E-state index is -0.719. The van der Waals surface area contributed by atoms with Crippen LogP contribution in [-0.4, -0.2) is 53.4 Å². The Bertz CT molecular complexity index is 1200. The fourth-order valence-electron chi connectivity index (χ4n) is 2.89. The van der Waals surface area contributed by atoms with Crippen LogP contribution in [0.3, 0.4) is 0 Å². The third-order valence-electron chi connectivity index (χ3n) is 4.36. The van der Waals surface area contributed by atoms with Gasteiger partial charge in [-0.3, -0.25) is 14.9 Å². The van der Waals surface area contributed by atoms with Gasteiger partial charge in [-0.1, -0.05) is 12.1 Å². The van der Waals surface area contributed by atoms with Crippen molar-refractivity contribution in [1.82, 2.24) is 20.2 Å². The zero-order valence-electron chi connectivity index (χ0n) is 18.8. The second-order valence-corrected chi connectivity index (χ2v) is 8.42. The summed E-state index contributed by atoms with van der Waals surface area (Å²) in [7, 11) is 3.52. The molecule has 0 unspecified atom stereocenters. The number of ether oxygens (including phenoxy) is 1. The monoisotopic (exact) mass is 526 g/mol. The predicted octanol–water partition coefficient (Wildman–Crippen LogP) is 3.80. The van der Waals surface area contributed by atoms with Gasteiger partial charge in [-0.05, 0) is 72.8 Å². The quantitative estimate of drug-likeness (QED) is 0.427. The van der Waals surface area contributed by atoms with Gasteiger partial charge in [0, 0.05) is 18.1 Å². The Kier molecular flexibility index (Phi) is 8.28. The fraction of sp³-hybridized carbons (Fsp3) is 0.174. The maximum absolute atomic E-state index is 12.6. The number of nitrogens with one attached hydrogen (secondary N) is 3. The van der Waals surface area contributed by atoms with Gasteiger partial charge >= 0.3 is 12.0 Å². The van der Waals surface area contributed by atoms with E-state index in [1.54, 1.807) is 74.7 Å². The molecule has 0 bridgehead atoms. The topological polar surface area (TPSA) is 126 Å². The zero-order chi connectivity index (χ0) is 24.7. The SMILES string of the molecule is Cc1cc(NC(=O)NC(=O)c2ccccc2NC(=O)CN(C)C)ccc1Oc1ncc(Br)cn1. The Labute approximate surface area is 204 Å². The summed E-state index contributed by atoms with van der Waals surface area (Å²) in [6.45, 7) is 1.96. The second kappa shape index (κ2) is 11.3. The summed E-state index contributed by atoms with van der Waals surface area (Å²) in [6.07, 6.45) is 3.14. The Hall–Kier alpha value is -3.83. The molecular weight excluding hydrogens is 504 g/mol. The first-order valence-electron chi connectivity index (χ1n) is 10.1. The molecule has 176 valence electrons. The van der Waals surface area contributed by atoms with Crippen molar-refractivity contribution in [3.05, 3.63) is 70.5 Å². The Morgan fingerprint density at radius 2 is 1.74 bits per heavy atom. The highest BCUT2D eigenvalue weighted by molar-refractivity contribution is 9.10. The summed E-state index contributed by atoms with van der Waals surface area (Å²) in [4.78, 5) is 46.9. The minimum absolute atomic E-state index is 0.156.